The zero-order chi connectivity index (χ0) is 15.2. The Morgan fingerprint density at radius 3 is 2.62 bits per heavy atom. The fraction of sp³-hybridized carbons (Fsp3) is 0.562. The fourth-order valence-corrected chi connectivity index (χ4v) is 3.32. The Labute approximate surface area is 133 Å². The van der Waals surface area contributed by atoms with Gasteiger partial charge in [-0.25, -0.2) is 0 Å². The standard InChI is InChI=1S/C16H21BrO4/c1-3-20-16(18)12-8-14(17)15(9-12)21-10-11-4-6-13(19-2)7-5-11/h4-7,12,14-15H,3,8-10H2,1-2H3. The van der Waals surface area contributed by atoms with E-state index in [4.69, 9.17) is 14.2 Å². The van der Waals surface area contributed by atoms with Gasteiger partial charge in [-0.15, -0.1) is 0 Å². The van der Waals surface area contributed by atoms with E-state index in [0.29, 0.717) is 19.6 Å². The molecule has 1 aromatic rings. The highest BCUT2D eigenvalue weighted by Crippen LogP contribution is 2.34. The van der Waals surface area contributed by atoms with Gasteiger partial charge >= 0.3 is 5.97 Å². The van der Waals surface area contributed by atoms with Crippen molar-refractivity contribution in [3.05, 3.63) is 29.8 Å². The van der Waals surface area contributed by atoms with Gasteiger partial charge in [-0.2, -0.15) is 0 Å². The lowest BCUT2D eigenvalue weighted by molar-refractivity contribution is -0.148. The van der Waals surface area contributed by atoms with E-state index in [-0.39, 0.29) is 22.8 Å². The average Bonchev–Trinajstić information content (AvgIpc) is 2.87. The van der Waals surface area contributed by atoms with Crippen LogP contribution in [0.4, 0.5) is 0 Å². The third-order valence-corrected chi connectivity index (χ3v) is 4.64. The molecule has 4 nitrogen and oxygen atoms in total. The van der Waals surface area contributed by atoms with Crippen LogP contribution >= 0.6 is 15.9 Å². The smallest absolute Gasteiger partial charge is 0.309 e. The zero-order valence-corrected chi connectivity index (χ0v) is 14.0. The summed E-state index contributed by atoms with van der Waals surface area (Å²) in [6.45, 7) is 2.79. The van der Waals surface area contributed by atoms with Gasteiger partial charge < -0.3 is 14.2 Å². The van der Waals surface area contributed by atoms with Gasteiger partial charge in [-0.1, -0.05) is 28.1 Å². The number of ether oxygens (including phenoxy) is 3. The molecule has 3 atom stereocenters. The number of rotatable bonds is 6. The van der Waals surface area contributed by atoms with Crippen molar-refractivity contribution in [2.75, 3.05) is 13.7 Å². The summed E-state index contributed by atoms with van der Waals surface area (Å²) < 4.78 is 16.1. The second-order valence-electron chi connectivity index (χ2n) is 5.13. The Morgan fingerprint density at radius 2 is 2.00 bits per heavy atom. The minimum absolute atomic E-state index is 0.0431. The first-order chi connectivity index (χ1) is 10.1. The molecule has 116 valence electrons. The maximum Gasteiger partial charge on any atom is 0.309 e. The van der Waals surface area contributed by atoms with Crippen LogP contribution in [0.15, 0.2) is 24.3 Å². The van der Waals surface area contributed by atoms with Gasteiger partial charge in [0, 0.05) is 4.83 Å². The zero-order valence-electron chi connectivity index (χ0n) is 12.4. The van der Waals surface area contributed by atoms with Crippen LogP contribution in [0.1, 0.15) is 25.3 Å². The molecule has 1 saturated carbocycles. The minimum atomic E-state index is -0.113. The monoisotopic (exact) mass is 356 g/mol. The number of benzene rings is 1. The fourth-order valence-electron chi connectivity index (χ4n) is 2.50. The molecule has 0 saturated heterocycles. The van der Waals surface area contributed by atoms with Crippen molar-refractivity contribution in [3.8, 4) is 5.75 Å². The van der Waals surface area contributed by atoms with E-state index in [2.05, 4.69) is 15.9 Å². The molecule has 0 aliphatic heterocycles. The molecule has 0 heterocycles. The molecule has 0 radical (unpaired) electrons. The van der Waals surface area contributed by atoms with Gasteiger partial charge in [0.05, 0.1) is 32.3 Å². The SMILES string of the molecule is CCOC(=O)C1CC(Br)C(OCc2ccc(OC)cc2)C1. The molecule has 2 rings (SSSR count). The summed E-state index contributed by atoms with van der Waals surface area (Å²) in [5.74, 6) is 0.660. The highest BCUT2D eigenvalue weighted by Gasteiger charge is 2.37. The van der Waals surface area contributed by atoms with Gasteiger partial charge in [0.25, 0.3) is 0 Å². The van der Waals surface area contributed by atoms with Crippen LogP contribution in [-0.4, -0.2) is 30.6 Å². The second kappa shape index (κ2) is 7.80. The molecule has 0 aromatic heterocycles. The van der Waals surface area contributed by atoms with E-state index in [1.165, 1.54) is 0 Å². The van der Waals surface area contributed by atoms with Crippen LogP contribution in [0.3, 0.4) is 0 Å². The lowest BCUT2D eigenvalue weighted by Gasteiger charge is -2.15. The summed E-state index contributed by atoms with van der Waals surface area (Å²) in [6.07, 6.45) is 1.53. The van der Waals surface area contributed by atoms with E-state index in [1.807, 2.05) is 31.2 Å². The van der Waals surface area contributed by atoms with E-state index in [1.54, 1.807) is 7.11 Å². The molecule has 0 amide bonds. The first-order valence-corrected chi connectivity index (χ1v) is 8.10. The summed E-state index contributed by atoms with van der Waals surface area (Å²) in [6, 6.07) is 7.81. The largest absolute Gasteiger partial charge is 0.497 e. The molecule has 1 aromatic carbocycles. The van der Waals surface area contributed by atoms with Crippen LogP contribution in [0.5, 0.6) is 5.75 Å². The normalized spacial score (nSPS) is 24.8. The molecular formula is C16H21BrO4. The molecule has 0 N–H and O–H groups in total. The van der Waals surface area contributed by atoms with Gasteiger partial charge in [0.1, 0.15) is 5.75 Å². The number of hydrogen-bond donors (Lipinski definition) is 0. The van der Waals surface area contributed by atoms with E-state index >= 15 is 0 Å². The quantitative estimate of drug-likeness (QED) is 0.579. The third-order valence-electron chi connectivity index (χ3n) is 3.67. The molecule has 1 fully saturated rings. The van der Waals surface area contributed by atoms with Gasteiger partial charge in [-0.3, -0.25) is 4.79 Å². The molecule has 21 heavy (non-hydrogen) atoms. The molecule has 0 spiro atoms. The average molecular weight is 357 g/mol. The predicted octanol–water partition coefficient (Wildman–Crippen LogP) is 3.32. The van der Waals surface area contributed by atoms with E-state index < -0.39 is 0 Å². The van der Waals surface area contributed by atoms with Crippen molar-refractivity contribution < 1.29 is 19.0 Å². The summed E-state index contributed by atoms with van der Waals surface area (Å²) in [7, 11) is 1.65. The highest BCUT2D eigenvalue weighted by molar-refractivity contribution is 9.09. The van der Waals surface area contributed by atoms with Crippen molar-refractivity contribution in [2.24, 2.45) is 5.92 Å². The maximum absolute atomic E-state index is 11.8. The molecule has 1 aliphatic carbocycles. The Kier molecular flexibility index (Phi) is 6.06. The van der Waals surface area contributed by atoms with E-state index in [9.17, 15) is 4.79 Å². The molecule has 1 aliphatic rings. The Bertz CT molecular complexity index is 460. The molecule has 0 bridgehead atoms. The lowest BCUT2D eigenvalue weighted by Crippen LogP contribution is -2.18. The van der Waals surface area contributed by atoms with Crippen molar-refractivity contribution in [3.63, 3.8) is 0 Å². The number of esters is 1. The Balaban J connectivity index is 1.84. The van der Waals surface area contributed by atoms with Crippen LogP contribution in [0.2, 0.25) is 0 Å². The van der Waals surface area contributed by atoms with Crippen LogP contribution in [0.25, 0.3) is 0 Å². The highest BCUT2D eigenvalue weighted by atomic mass is 79.9. The van der Waals surface area contributed by atoms with Crippen molar-refractivity contribution in [1.29, 1.82) is 0 Å². The molecular weight excluding hydrogens is 336 g/mol. The topological polar surface area (TPSA) is 44.8 Å². The first-order valence-electron chi connectivity index (χ1n) is 7.19. The number of alkyl halides is 1. The van der Waals surface area contributed by atoms with Gasteiger partial charge in [0.2, 0.25) is 0 Å². The number of carbonyl (C=O) groups is 1. The van der Waals surface area contributed by atoms with Crippen molar-refractivity contribution in [2.45, 2.75) is 37.3 Å². The lowest BCUT2D eigenvalue weighted by atomic mass is 10.1. The van der Waals surface area contributed by atoms with Crippen LogP contribution in [-0.2, 0) is 20.9 Å². The van der Waals surface area contributed by atoms with Crippen LogP contribution in [0, 0.1) is 5.92 Å². The minimum Gasteiger partial charge on any atom is -0.497 e. The number of halogens is 1. The number of carbonyl (C=O) groups excluding carboxylic acids is 1. The first kappa shape index (κ1) is 16.3. The number of methoxy groups -OCH3 is 1. The Hall–Kier alpha value is -1.07. The maximum atomic E-state index is 11.8. The van der Waals surface area contributed by atoms with Crippen molar-refractivity contribution in [1.82, 2.24) is 0 Å². The Morgan fingerprint density at radius 1 is 1.29 bits per heavy atom. The second-order valence-corrected chi connectivity index (χ2v) is 6.31. The van der Waals surface area contributed by atoms with Crippen LogP contribution < -0.4 is 4.74 Å². The third kappa shape index (κ3) is 4.45. The summed E-state index contributed by atoms with van der Waals surface area (Å²) >= 11 is 3.61. The van der Waals surface area contributed by atoms with Crippen molar-refractivity contribution >= 4 is 21.9 Å². The van der Waals surface area contributed by atoms with E-state index in [0.717, 1.165) is 17.7 Å². The molecule has 3 unspecified atom stereocenters. The number of hydrogen-bond acceptors (Lipinski definition) is 4. The summed E-state index contributed by atoms with van der Waals surface area (Å²) in [5.41, 5.74) is 1.09. The summed E-state index contributed by atoms with van der Waals surface area (Å²) in [5, 5.41) is 0. The predicted molar refractivity (Wildman–Crippen MR) is 83.6 cm³/mol. The van der Waals surface area contributed by atoms with Gasteiger partial charge in [-0.05, 0) is 37.5 Å². The summed E-state index contributed by atoms with van der Waals surface area (Å²) in [4.78, 5) is 12.0. The van der Waals surface area contributed by atoms with Gasteiger partial charge in [0.15, 0.2) is 0 Å². The molecule has 5 heteroatoms.